The van der Waals surface area contributed by atoms with Crippen LogP contribution < -0.4 is 10.2 Å². The molecule has 0 aliphatic carbocycles. The van der Waals surface area contributed by atoms with Crippen LogP contribution in [0.5, 0.6) is 0 Å². The molecule has 2 fully saturated rings. The second-order valence-electron chi connectivity index (χ2n) is 7.11. The fraction of sp³-hybridized carbons (Fsp3) is 0.450. The van der Waals surface area contributed by atoms with E-state index in [0.717, 1.165) is 39.1 Å². The van der Waals surface area contributed by atoms with Crippen LogP contribution in [0, 0.1) is 5.82 Å². The van der Waals surface area contributed by atoms with Gasteiger partial charge in [-0.3, -0.25) is 4.90 Å². The molecule has 4 rings (SSSR count). The van der Waals surface area contributed by atoms with Gasteiger partial charge in [-0.1, -0.05) is 30.3 Å². The Labute approximate surface area is 148 Å². The summed E-state index contributed by atoms with van der Waals surface area (Å²) in [6.07, 6.45) is 3.89. The molecule has 2 aromatic rings. The van der Waals surface area contributed by atoms with E-state index in [-0.39, 0.29) is 5.82 Å². The first kappa shape index (κ1) is 16.5. The molecule has 2 aliphatic rings. The van der Waals surface area contributed by atoms with Gasteiger partial charge < -0.3 is 10.2 Å². The number of halogens is 1. The Hall–Kier alpha value is -1.98. The van der Waals surface area contributed by atoms with Gasteiger partial charge in [0.1, 0.15) is 0 Å². The van der Waals surface area contributed by atoms with E-state index >= 15 is 0 Å². The van der Waals surface area contributed by atoms with Crippen molar-refractivity contribution in [3.05, 3.63) is 60.0 Å². The SMILES string of the molecule is Fc1cccnc1N1CC[C@@H](N[C@@H]2CCN(Cc3ccccc3)C2)C1. The molecule has 2 saturated heterocycles. The number of anilines is 1. The summed E-state index contributed by atoms with van der Waals surface area (Å²) >= 11 is 0. The third-order valence-corrected chi connectivity index (χ3v) is 5.22. The number of hydrogen-bond donors (Lipinski definition) is 1. The molecule has 1 aromatic carbocycles. The van der Waals surface area contributed by atoms with E-state index in [4.69, 9.17) is 0 Å². The van der Waals surface area contributed by atoms with Gasteiger partial charge in [-0.15, -0.1) is 0 Å². The average molecular weight is 340 g/mol. The second-order valence-corrected chi connectivity index (χ2v) is 7.11. The molecule has 3 heterocycles. The van der Waals surface area contributed by atoms with Crippen LogP contribution in [0.15, 0.2) is 48.7 Å². The van der Waals surface area contributed by atoms with Crippen molar-refractivity contribution in [3.63, 3.8) is 0 Å². The Morgan fingerprint density at radius 3 is 2.64 bits per heavy atom. The number of aromatic nitrogens is 1. The zero-order valence-corrected chi connectivity index (χ0v) is 14.4. The quantitative estimate of drug-likeness (QED) is 0.907. The fourth-order valence-electron chi connectivity index (χ4n) is 3.99. The Morgan fingerprint density at radius 2 is 1.80 bits per heavy atom. The van der Waals surface area contributed by atoms with Crippen LogP contribution in [-0.2, 0) is 6.54 Å². The van der Waals surface area contributed by atoms with E-state index in [1.807, 2.05) is 0 Å². The molecule has 25 heavy (non-hydrogen) atoms. The third-order valence-electron chi connectivity index (χ3n) is 5.22. The highest BCUT2D eigenvalue weighted by Crippen LogP contribution is 2.22. The number of pyridine rings is 1. The number of nitrogens with one attached hydrogen (secondary N) is 1. The summed E-state index contributed by atoms with van der Waals surface area (Å²) in [5.41, 5.74) is 1.38. The van der Waals surface area contributed by atoms with Crippen molar-refractivity contribution in [1.29, 1.82) is 0 Å². The first-order chi connectivity index (χ1) is 12.3. The van der Waals surface area contributed by atoms with E-state index in [0.29, 0.717) is 17.9 Å². The van der Waals surface area contributed by atoms with E-state index in [2.05, 4.69) is 50.4 Å². The lowest BCUT2D eigenvalue weighted by atomic mass is 10.2. The summed E-state index contributed by atoms with van der Waals surface area (Å²) in [6, 6.07) is 14.7. The minimum absolute atomic E-state index is 0.224. The maximum absolute atomic E-state index is 13.9. The molecule has 1 N–H and O–H groups in total. The first-order valence-electron chi connectivity index (χ1n) is 9.16. The lowest BCUT2D eigenvalue weighted by Gasteiger charge is -2.21. The predicted octanol–water partition coefficient (Wildman–Crippen LogP) is 2.66. The van der Waals surface area contributed by atoms with Crippen molar-refractivity contribution in [3.8, 4) is 0 Å². The lowest BCUT2D eigenvalue weighted by Crippen LogP contribution is -2.41. The molecule has 1 aromatic heterocycles. The van der Waals surface area contributed by atoms with Crippen molar-refractivity contribution in [2.45, 2.75) is 31.5 Å². The zero-order valence-electron chi connectivity index (χ0n) is 14.4. The molecule has 0 saturated carbocycles. The van der Waals surface area contributed by atoms with Gasteiger partial charge in [-0.05, 0) is 30.5 Å². The molecule has 4 nitrogen and oxygen atoms in total. The van der Waals surface area contributed by atoms with Crippen molar-refractivity contribution in [2.24, 2.45) is 0 Å². The molecular formula is C20H25FN4. The van der Waals surface area contributed by atoms with Crippen LogP contribution in [0.3, 0.4) is 0 Å². The van der Waals surface area contributed by atoms with Gasteiger partial charge in [0.25, 0.3) is 0 Å². The van der Waals surface area contributed by atoms with Crippen LogP contribution in [0.1, 0.15) is 18.4 Å². The van der Waals surface area contributed by atoms with Gasteiger partial charge in [0.2, 0.25) is 0 Å². The van der Waals surface area contributed by atoms with Crippen LogP contribution in [-0.4, -0.2) is 48.1 Å². The summed E-state index contributed by atoms with van der Waals surface area (Å²) < 4.78 is 13.9. The van der Waals surface area contributed by atoms with Crippen molar-refractivity contribution >= 4 is 5.82 Å². The highest BCUT2D eigenvalue weighted by atomic mass is 19.1. The van der Waals surface area contributed by atoms with Gasteiger partial charge in [-0.25, -0.2) is 9.37 Å². The molecule has 0 spiro atoms. The Morgan fingerprint density at radius 1 is 1.00 bits per heavy atom. The van der Waals surface area contributed by atoms with E-state index < -0.39 is 0 Å². The third kappa shape index (κ3) is 3.99. The normalized spacial score (nSPS) is 24.1. The monoisotopic (exact) mass is 340 g/mol. The second kappa shape index (κ2) is 7.50. The summed E-state index contributed by atoms with van der Waals surface area (Å²) in [5, 5.41) is 3.78. The van der Waals surface area contributed by atoms with Gasteiger partial charge in [-0.2, -0.15) is 0 Å². The molecule has 0 amide bonds. The highest BCUT2D eigenvalue weighted by Gasteiger charge is 2.29. The highest BCUT2D eigenvalue weighted by molar-refractivity contribution is 5.41. The predicted molar refractivity (Wildman–Crippen MR) is 98.1 cm³/mol. The molecule has 0 radical (unpaired) electrons. The maximum atomic E-state index is 13.9. The minimum Gasteiger partial charge on any atom is -0.353 e. The Balaban J connectivity index is 1.27. The van der Waals surface area contributed by atoms with Gasteiger partial charge in [0.15, 0.2) is 11.6 Å². The maximum Gasteiger partial charge on any atom is 0.165 e. The van der Waals surface area contributed by atoms with Gasteiger partial charge in [0, 0.05) is 51.0 Å². The first-order valence-corrected chi connectivity index (χ1v) is 9.16. The summed E-state index contributed by atoms with van der Waals surface area (Å²) in [6.45, 7) is 4.95. The number of nitrogens with zero attached hydrogens (tertiary/aromatic N) is 3. The molecule has 0 unspecified atom stereocenters. The molecule has 2 atom stereocenters. The largest absolute Gasteiger partial charge is 0.353 e. The zero-order chi connectivity index (χ0) is 17.1. The molecule has 5 heteroatoms. The topological polar surface area (TPSA) is 31.4 Å². The van der Waals surface area contributed by atoms with Crippen LogP contribution in [0.4, 0.5) is 10.2 Å². The molecular weight excluding hydrogens is 315 g/mol. The smallest absolute Gasteiger partial charge is 0.165 e. The average Bonchev–Trinajstić information content (AvgIpc) is 3.26. The standard InChI is InChI=1S/C20H25FN4/c21-19-7-4-10-22-20(19)25-12-9-18(15-25)23-17-8-11-24(14-17)13-16-5-2-1-3-6-16/h1-7,10,17-18,23H,8-9,11-15H2/t17-,18-/m1/s1. The molecule has 2 aliphatic heterocycles. The summed E-state index contributed by atoms with van der Waals surface area (Å²) in [5.74, 6) is 0.266. The van der Waals surface area contributed by atoms with E-state index in [9.17, 15) is 4.39 Å². The number of likely N-dealkylation sites (tertiary alicyclic amines) is 1. The van der Waals surface area contributed by atoms with Gasteiger partial charge >= 0.3 is 0 Å². The summed E-state index contributed by atoms with van der Waals surface area (Å²) in [7, 11) is 0. The number of rotatable bonds is 5. The van der Waals surface area contributed by atoms with Crippen molar-refractivity contribution in [2.75, 3.05) is 31.1 Å². The van der Waals surface area contributed by atoms with Crippen molar-refractivity contribution < 1.29 is 4.39 Å². The number of hydrogen-bond acceptors (Lipinski definition) is 4. The minimum atomic E-state index is -0.224. The fourth-order valence-corrected chi connectivity index (χ4v) is 3.99. The van der Waals surface area contributed by atoms with Crippen molar-refractivity contribution in [1.82, 2.24) is 15.2 Å². The Kier molecular flexibility index (Phi) is 4.95. The summed E-state index contributed by atoms with van der Waals surface area (Å²) in [4.78, 5) is 8.77. The van der Waals surface area contributed by atoms with Crippen LogP contribution in [0.2, 0.25) is 0 Å². The van der Waals surface area contributed by atoms with Crippen LogP contribution >= 0.6 is 0 Å². The lowest BCUT2D eigenvalue weighted by molar-refractivity contribution is 0.315. The van der Waals surface area contributed by atoms with Crippen LogP contribution in [0.25, 0.3) is 0 Å². The van der Waals surface area contributed by atoms with Gasteiger partial charge in [0.05, 0.1) is 0 Å². The van der Waals surface area contributed by atoms with E-state index in [1.54, 1.807) is 12.3 Å². The van der Waals surface area contributed by atoms with E-state index in [1.165, 1.54) is 18.1 Å². The molecule has 0 bridgehead atoms. The molecule has 132 valence electrons. The Bertz CT molecular complexity index is 693. The number of benzene rings is 1.